The molecule has 0 aliphatic rings. The smallest absolute Gasteiger partial charge is 0.146 e. The van der Waals surface area contributed by atoms with Crippen molar-refractivity contribution in [1.29, 1.82) is 0 Å². The Morgan fingerprint density at radius 3 is 2.93 bits per heavy atom. The summed E-state index contributed by atoms with van der Waals surface area (Å²) in [7, 11) is 3.67. The summed E-state index contributed by atoms with van der Waals surface area (Å²) in [6, 6.07) is 4.11. The molecule has 1 heterocycles. The Bertz CT molecular complexity index is 290. The summed E-state index contributed by atoms with van der Waals surface area (Å²) < 4.78 is 5.08. The molecule has 1 unspecified atom stereocenters. The van der Waals surface area contributed by atoms with Crippen molar-refractivity contribution < 1.29 is 4.74 Å². The van der Waals surface area contributed by atoms with Crippen LogP contribution in [0.15, 0.2) is 18.3 Å². The van der Waals surface area contributed by atoms with E-state index in [-0.39, 0.29) is 6.04 Å². The first kappa shape index (κ1) is 10.8. The number of hydrogen-bond donors (Lipinski definition) is 1. The van der Waals surface area contributed by atoms with Crippen molar-refractivity contribution >= 4 is 11.5 Å². The fourth-order valence-corrected chi connectivity index (χ4v) is 1.30. The molecule has 1 aromatic heterocycles. The van der Waals surface area contributed by atoms with Gasteiger partial charge in [-0.15, -0.1) is 0 Å². The van der Waals surface area contributed by atoms with Gasteiger partial charge in [-0.2, -0.15) is 0 Å². The number of ether oxygens (including phenoxy) is 1. The molecule has 0 amide bonds. The molecule has 0 spiro atoms. The third kappa shape index (κ3) is 2.35. The van der Waals surface area contributed by atoms with Crippen LogP contribution >= 0.6 is 0 Å². The van der Waals surface area contributed by atoms with Gasteiger partial charge in [0.25, 0.3) is 0 Å². The molecule has 4 heteroatoms. The zero-order chi connectivity index (χ0) is 10.6. The van der Waals surface area contributed by atoms with Crippen LogP contribution < -0.4 is 10.6 Å². The highest BCUT2D eigenvalue weighted by atomic mass is 16.5. The molecule has 0 aliphatic carbocycles. The Morgan fingerprint density at radius 1 is 1.64 bits per heavy atom. The number of likely N-dealkylation sites (N-methyl/N-ethyl adjacent to an activating group) is 1. The van der Waals surface area contributed by atoms with E-state index in [2.05, 4.69) is 16.8 Å². The molecular formula is C10H17N3O. The summed E-state index contributed by atoms with van der Waals surface area (Å²) in [6.45, 7) is 2.75. The third-order valence-electron chi connectivity index (χ3n) is 2.27. The molecule has 0 saturated carbocycles. The van der Waals surface area contributed by atoms with Crippen molar-refractivity contribution in [2.45, 2.75) is 13.0 Å². The van der Waals surface area contributed by atoms with E-state index in [4.69, 9.17) is 10.5 Å². The van der Waals surface area contributed by atoms with Crippen LogP contribution in [0.25, 0.3) is 0 Å². The van der Waals surface area contributed by atoms with Crippen molar-refractivity contribution in [3.8, 4) is 0 Å². The molecular weight excluding hydrogens is 178 g/mol. The fraction of sp³-hybridized carbons (Fsp3) is 0.500. The van der Waals surface area contributed by atoms with Crippen LogP contribution in [0.3, 0.4) is 0 Å². The number of hydrogen-bond acceptors (Lipinski definition) is 4. The second kappa shape index (κ2) is 4.81. The van der Waals surface area contributed by atoms with Gasteiger partial charge in [0.05, 0.1) is 12.3 Å². The molecule has 4 nitrogen and oxygen atoms in total. The van der Waals surface area contributed by atoms with Gasteiger partial charge in [0.1, 0.15) is 5.82 Å². The maximum absolute atomic E-state index is 5.76. The van der Waals surface area contributed by atoms with E-state index in [9.17, 15) is 0 Å². The van der Waals surface area contributed by atoms with Crippen molar-refractivity contribution in [2.24, 2.45) is 0 Å². The number of nitrogens with two attached hydrogens (primary N) is 1. The molecule has 0 fully saturated rings. The highest BCUT2D eigenvalue weighted by molar-refractivity contribution is 5.62. The maximum Gasteiger partial charge on any atom is 0.146 e. The van der Waals surface area contributed by atoms with Gasteiger partial charge >= 0.3 is 0 Å². The summed E-state index contributed by atoms with van der Waals surface area (Å²) in [5.74, 6) is 0.554. The topological polar surface area (TPSA) is 51.4 Å². The molecule has 1 aromatic rings. The Morgan fingerprint density at radius 2 is 2.36 bits per heavy atom. The predicted molar refractivity (Wildman–Crippen MR) is 58.4 cm³/mol. The molecule has 1 rings (SSSR count). The number of pyridine rings is 1. The number of anilines is 2. The minimum atomic E-state index is 0.284. The molecule has 0 aliphatic heterocycles. The van der Waals surface area contributed by atoms with Gasteiger partial charge in [-0.05, 0) is 19.1 Å². The van der Waals surface area contributed by atoms with Gasteiger partial charge in [-0.3, -0.25) is 0 Å². The van der Waals surface area contributed by atoms with Crippen molar-refractivity contribution in [3.63, 3.8) is 0 Å². The Labute approximate surface area is 84.7 Å². The summed E-state index contributed by atoms with van der Waals surface area (Å²) in [4.78, 5) is 6.10. The predicted octanol–water partition coefficient (Wildman–Crippen LogP) is 1.13. The van der Waals surface area contributed by atoms with Crippen LogP contribution in [0, 0.1) is 0 Å². The third-order valence-corrected chi connectivity index (χ3v) is 2.27. The van der Waals surface area contributed by atoms with Crippen LogP contribution in [-0.4, -0.2) is 31.8 Å². The van der Waals surface area contributed by atoms with E-state index in [1.807, 2.05) is 19.2 Å². The summed E-state index contributed by atoms with van der Waals surface area (Å²) in [6.07, 6.45) is 1.69. The molecule has 0 aromatic carbocycles. The minimum Gasteiger partial charge on any atom is -0.383 e. The standard InChI is InChI=1S/C10H17N3O/c1-8(7-14-3)13(2)9-5-4-6-12-10(9)11/h4-6,8H,7H2,1-3H3,(H2,11,12). The SMILES string of the molecule is COCC(C)N(C)c1cccnc1N. The van der Waals surface area contributed by atoms with Crippen molar-refractivity contribution in [2.75, 3.05) is 31.4 Å². The van der Waals surface area contributed by atoms with Gasteiger partial charge in [0, 0.05) is 26.4 Å². The Kier molecular flexibility index (Phi) is 3.71. The van der Waals surface area contributed by atoms with E-state index in [1.165, 1.54) is 0 Å². The zero-order valence-electron chi connectivity index (χ0n) is 8.90. The van der Waals surface area contributed by atoms with Crippen LogP contribution in [0.1, 0.15) is 6.92 Å². The quantitative estimate of drug-likeness (QED) is 0.782. The van der Waals surface area contributed by atoms with Gasteiger partial charge in [0.15, 0.2) is 0 Å². The summed E-state index contributed by atoms with van der Waals surface area (Å²) >= 11 is 0. The van der Waals surface area contributed by atoms with E-state index in [1.54, 1.807) is 13.3 Å². The summed E-state index contributed by atoms with van der Waals surface area (Å²) in [5.41, 5.74) is 6.70. The second-order valence-electron chi connectivity index (χ2n) is 3.32. The van der Waals surface area contributed by atoms with E-state index < -0.39 is 0 Å². The number of aromatic nitrogens is 1. The van der Waals surface area contributed by atoms with Crippen LogP contribution in [0.4, 0.5) is 11.5 Å². The average Bonchev–Trinajstić information content (AvgIpc) is 2.18. The lowest BCUT2D eigenvalue weighted by molar-refractivity contribution is 0.183. The monoisotopic (exact) mass is 195 g/mol. The lowest BCUT2D eigenvalue weighted by atomic mass is 10.2. The van der Waals surface area contributed by atoms with Gasteiger partial charge in [-0.25, -0.2) is 4.98 Å². The molecule has 14 heavy (non-hydrogen) atoms. The van der Waals surface area contributed by atoms with Crippen molar-refractivity contribution in [1.82, 2.24) is 4.98 Å². The number of nitrogens with zero attached hydrogens (tertiary/aromatic N) is 2. The van der Waals surface area contributed by atoms with Crippen LogP contribution in [0.5, 0.6) is 0 Å². The molecule has 1 atom stereocenters. The van der Waals surface area contributed by atoms with Gasteiger partial charge < -0.3 is 15.4 Å². The lowest BCUT2D eigenvalue weighted by Crippen LogP contribution is -2.33. The molecule has 2 N–H and O–H groups in total. The van der Waals surface area contributed by atoms with E-state index in [0.717, 1.165) is 5.69 Å². The first-order chi connectivity index (χ1) is 6.66. The van der Waals surface area contributed by atoms with Crippen LogP contribution in [0.2, 0.25) is 0 Å². The fourth-order valence-electron chi connectivity index (χ4n) is 1.30. The molecule has 0 saturated heterocycles. The number of nitrogen functional groups attached to an aromatic ring is 1. The number of rotatable bonds is 4. The van der Waals surface area contributed by atoms with E-state index >= 15 is 0 Å². The van der Waals surface area contributed by atoms with Gasteiger partial charge in [0.2, 0.25) is 0 Å². The number of methoxy groups -OCH3 is 1. The largest absolute Gasteiger partial charge is 0.383 e. The highest BCUT2D eigenvalue weighted by Gasteiger charge is 2.11. The van der Waals surface area contributed by atoms with Gasteiger partial charge in [-0.1, -0.05) is 0 Å². The maximum atomic E-state index is 5.76. The molecule has 0 bridgehead atoms. The lowest BCUT2D eigenvalue weighted by Gasteiger charge is -2.26. The Balaban J connectivity index is 2.78. The highest BCUT2D eigenvalue weighted by Crippen LogP contribution is 2.20. The van der Waals surface area contributed by atoms with Crippen LogP contribution in [-0.2, 0) is 4.74 Å². The second-order valence-corrected chi connectivity index (χ2v) is 3.32. The first-order valence-electron chi connectivity index (χ1n) is 4.59. The summed E-state index contributed by atoms with van der Waals surface area (Å²) in [5, 5.41) is 0. The zero-order valence-corrected chi connectivity index (χ0v) is 8.90. The first-order valence-corrected chi connectivity index (χ1v) is 4.59. The average molecular weight is 195 g/mol. The van der Waals surface area contributed by atoms with E-state index in [0.29, 0.717) is 12.4 Å². The normalized spacial score (nSPS) is 12.5. The molecule has 0 radical (unpaired) electrons. The molecule has 78 valence electrons. The Hall–Kier alpha value is -1.29. The minimum absolute atomic E-state index is 0.284. The van der Waals surface area contributed by atoms with Crippen molar-refractivity contribution in [3.05, 3.63) is 18.3 Å².